The second-order valence-electron chi connectivity index (χ2n) is 8.32. The number of aromatic nitrogens is 2. The zero-order valence-corrected chi connectivity index (χ0v) is 18.6. The van der Waals surface area contributed by atoms with Gasteiger partial charge in [-0.2, -0.15) is 0 Å². The molecule has 0 saturated carbocycles. The van der Waals surface area contributed by atoms with E-state index in [1.54, 1.807) is 39.3 Å². The fourth-order valence-corrected chi connectivity index (χ4v) is 3.87. The first-order valence-corrected chi connectivity index (χ1v) is 10.5. The molecular weight excluding hydrogens is 397 g/mol. The molecule has 31 heavy (non-hydrogen) atoms. The predicted molar refractivity (Wildman–Crippen MR) is 116 cm³/mol. The van der Waals surface area contributed by atoms with E-state index < -0.39 is 0 Å². The van der Waals surface area contributed by atoms with E-state index in [2.05, 4.69) is 9.97 Å². The van der Waals surface area contributed by atoms with Crippen molar-refractivity contribution in [2.45, 2.75) is 38.8 Å². The Hall–Kier alpha value is -2.87. The van der Waals surface area contributed by atoms with Crippen molar-refractivity contribution in [3.8, 4) is 0 Å². The summed E-state index contributed by atoms with van der Waals surface area (Å²) in [6.45, 7) is 3.27. The van der Waals surface area contributed by atoms with Crippen LogP contribution in [0.4, 0.5) is 4.39 Å². The number of aryl methyl sites for hydroxylation is 1. The van der Waals surface area contributed by atoms with Gasteiger partial charge in [0.1, 0.15) is 5.82 Å². The number of hydrogen-bond acceptors (Lipinski definition) is 5. The quantitative estimate of drug-likeness (QED) is 0.709. The molecule has 1 aromatic heterocycles. The molecule has 2 aromatic rings. The number of nitrogens with zero attached hydrogens (tertiary/aromatic N) is 5. The van der Waals surface area contributed by atoms with Crippen molar-refractivity contribution < 1.29 is 14.0 Å². The topological polar surface area (TPSA) is 69.6 Å². The maximum Gasteiger partial charge on any atom is 0.256 e. The number of piperidine rings is 1. The highest BCUT2D eigenvalue weighted by Crippen LogP contribution is 2.29. The second kappa shape index (κ2) is 9.96. The Labute approximate surface area is 182 Å². The summed E-state index contributed by atoms with van der Waals surface area (Å²) >= 11 is 0. The molecule has 8 heteroatoms. The van der Waals surface area contributed by atoms with Gasteiger partial charge in [0, 0.05) is 33.4 Å². The summed E-state index contributed by atoms with van der Waals surface area (Å²) in [7, 11) is 5.27. The van der Waals surface area contributed by atoms with Crippen molar-refractivity contribution in [2.75, 3.05) is 34.2 Å². The first-order chi connectivity index (χ1) is 14.8. The fraction of sp³-hybridized carbons (Fsp3) is 0.478. The highest BCUT2D eigenvalue weighted by molar-refractivity contribution is 5.94. The molecule has 0 radical (unpaired) electrons. The van der Waals surface area contributed by atoms with Crippen LogP contribution in [0.15, 0.2) is 30.5 Å². The Bertz CT molecular complexity index is 932. The molecule has 3 rings (SSSR count). The lowest BCUT2D eigenvalue weighted by molar-refractivity contribution is -0.136. The third kappa shape index (κ3) is 5.64. The number of likely N-dealkylation sites (tertiary alicyclic amines) is 1. The largest absolute Gasteiger partial charge is 0.345 e. The molecule has 1 saturated heterocycles. The van der Waals surface area contributed by atoms with Crippen LogP contribution in [0.2, 0.25) is 0 Å². The van der Waals surface area contributed by atoms with E-state index in [0.717, 1.165) is 24.8 Å². The minimum atomic E-state index is -0.271. The van der Waals surface area contributed by atoms with Crippen LogP contribution in [0.5, 0.6) is 0 Å². The molecule has 1 fully saturated rings. The monoisotopic (exact) mass is 427 g/mol. The third-order valence-electron chi connectivity index (χ3n) is 5.53. The Morgan fingerprint density at radius 3 is 2.52 bits per heavy atom. The van der Waals surface area contributed by atoms with Crippen LogP contribution in [0.25, 0.3) is 0 Å². The third-order valence-corrected chi connectivity index (χ3v) is 5.53. The van der Waals surface area contributed by atoms with Gasteiger partial charge in [-0.25, -0.2) is 14.4 Å². The van der Waals surface area contributed by atoms with Crippen LogP contribution in [0.1, 0.15) is 52.7 Å². The minimum absolute atomic E-state index is 0.0176. The molecule has 7 nitrogen and oxygen atoms in total. The average molecular weight is 428 g/mol. The summed E-state index contributed by atoms with van der Waals surface area (Å²) in [5, 5.41) is 0. The fourth-order valence-electron chi connectivity index (χ4n) is 3.87. The lowest BCUT2D eigenvalue weighted by atomic mass is 10.0. The summed E-state index contributed by atoms with van der Waals surface area (Å²) in [5.74, 6) is 0.196. The molecule has 0 spiro atoms. The highest BCUT2D eigenvalue weighted by atomic mass is 19.1. The summed E-state index contributed by atoms with van der Waals surface area (Å²) < 4.78 is 13.1. The summed E-state index contributed by atoms with van der Waals surface area (Å²) in [6.07, 6.45) is 4.31. The van der Waals surface area contributed by atoms with E-state index in [1.807, 2.05) is 16.8 Å². The second-order valence-corrected chi connectivity index (χ2v) is 8.32. The van der Waals surface area contributed by atoms with Gasteiger partial charge in [-0.05, 0) is 50.9 Å². The Balaban J connectivity index is 1.71. The molecule has 2 heterocycles. The number of likely N-dealkylation sites (N-methyl/N-ethyl adjacent to an activating group) is 1. The predicted octanol–water partition coefficient (Wildman–Crippen LogP) is 2.81. The van der Waals surface area contributed by atoms with Crippen LogP contribution in [0, 0.1) is 12.7 Å². The molecule has 0 bridgehead atoms. The van der Waals surface area contributed by atoms with Crippen LogP contribution >= 0.6 is 0 Å². The van der Waals surface area contributed by atoms with E-state index in [0.29, 0.717) is 30.2 Å². The molecule has 0 aliphatic carbocycles. The molecular formula is C23H30FN5O2. The van der Waals surface area contributed by atoms with E-state index in [-0.39, 0.29) is 30.2 Å². The van der Waals surface area contributed by atoms with Gasteiger partial charge in [-0.3, -0.25) is 14.5 Å². The van der Waals surface area contributed by atoms with Gasteiger partial charge in [0.15, 0.2) is 5.82 Å². The number of hydrogen-bond donors (Lipinski definition) is 0. The molecule has 1 unspecified atom stereocenters. The molecule has 1 aliphatic heterocycles. The van der Waals surface area contributed by atoms with E-state index in [1.165, 1.54) is 17.0 Å². The number of halogens is 1. The van der Waals surface area contributed by atoms with Crippen molar-refractivity contribution in [2.24, 2.45) is 0 Å². The van der Waals surface area contributed by atoms with Crippen molar-refractivity contribution in [3.05, 3.63) is 58.9 Å². The van der Waals surface area contributed by atoms with Gasteiger partial charge in [0.2, 0.25) is 5.91 Å². The smallest absolute Gasteiger partial charge is 0.256 e. The molecule has 1 aliphatic rings. The van der Waals surface area contributed by atoms with Crippen LogP contribution < -0.4 is 0 Å². The van der Waals surface area contributed by atoms with Gasteiger partial charge in [-0.15, -0.1) is 0 Å². The standard InChI is InChI=1S/C23H30FN5O2/c1-16-19(23(31)27(2)3)13-25-22(26-16)20-7-5-6-12-29(20)21(30)15-28(4)14-17-8-10-18(24)11-9-17/h8-11,13,20H,5-7,12,14-15H2,1-4H3. The number of rotatable bonds is 6. The molecule has 1 aromatic carbocycles. The molecule has 166 valence electrons. The average Bonchev–Trinajstić information content (AvgIpc) is 2.74. The minimum Gasteiger partial charge on any atom is -0.345 e. The lowest BCUT2D eigenvalue weighted by Gasteiger charge is -2.36. The van der Waals surface area contributed by atoms with Gasteiger partial charge < -0.3 is 9.80 Å². The van der Waals surface area contributed by atoms with Crippen LogP contribution in [-0.2, 0) is 11.3 Å². The Morgan fingerprint density at radius 1 is 1.16 bits per heavy atom. The van der Waals surface area contributed by atoms with Crippen molar-refractivity contribution >= 4 is 11.8 Å². The highest BCUT2D eigenvalue weighted by Gasteiger charge is 2.31. The number of carbonyl (C=O) groups excluding carboxylic acids is 2. The first kappa shape index (κ1) is 22.8. The van der Waals surface area contributed by atoms with Gasteiger partial charge in [0.05, 0.1) is 23.8 Å². The number of benzene rings is 1. The van der Waals surface area contributed by atoms with Gasteiger partial charge in [-0.1, -0.05) is 12.1 Å². The number of amides is 2. The number of carbonyl (C=O) groups is 2. The summed E-state index contributed by atoms with van der Waals surface area (Å²) in [5.41, 5.74) is 2.04. The maximum absolute atomic E-state index is 13.1. The van der Waals surface area contributed by atoms with Crippen molar-refractivity contribution in [1.82, 2.24) is 24.7 Å². The molecule has 0 N–H and O–H groups in total. The summed E-state index contributed by atoms with van der Waals surface area (Å²) in [4.78, 5) is 39.7. The maximum atomic E-state index is 13.1. The van der Waals surface area contributed by atoms with Gasteiger partial charge >= 0.3 is 0 Å². The van der Waals surface area contributed by atoms with Crippen molar-refractivity contribution in [3.63, 3.8) is 0 Å². The van der Waals surface area contributed by atoms with E-state index in [9.17, 15) is 14.0 Å². The first-order valence-electron chi connectivity index (χ1n) is 10.5. The van der Waals surface area contributed by atoms with Crippen LogP contribution in [0.3, 0.4) is 0 Å². The molecule has 2 amide bonds. The van der Waals surface area contributed by atoms with E-state index in [4.69, 9.17) is 0 Å². The van der Waals surface area contributed by atoms with Crippen molar-refractivity contribution in [1.29, 1.82) is 0 Å². The SMILES string of the molecule is Cc1nc(C2CCCCN2C(=O)CN(C)Cc2ccc(F)cc2)ncc1C(=O)N(C)C. The lowest BCUT2D eigenvalue weighted by Crippen LogP contribution is -2.44. The Kier molecular flexibility index (Phi) is 7.33. The summed E-state index contributed by atoms with van der Waals surface area (Å²) in [6, 6.07) is 6.12. The van der Waals surface area contributed by atoms with Crippen LogP contribution in [-0.4, -0.2) is 70.7 Å². The Morgan fingerprint density at radius 2 is 1.87 bits per heavy atom. The van der Waals surface area contributed by atoms with Gasteiger partial charge in [0.25, 0.3) is 5.91 Å². The normalized spacial score (nSPS) is 16.5. The zero-order valence-electron chi connectivity index (χ0n) is 18.6. The van der Waals surface area contributed by atoms with E-state index >= 15 is 0 Å². The zero-order chi connectivity index (χ0) is 22.5. The molecule has 1 atom stereocenters.